The number of hydrogen-bond acceptors (Lipinski definition) is 3. The Morgan fingerprint density at radius 2 is 2.00 bits per heavy atom. The highest BCUT2D eigenvalue weighted by Crippen LogP contribution is 2.29. The molecule has 2 rings (SSSR count). The van der Waals surface area contributed by atoms with Gasteiger partial charge in [0.1, 0.15) is 11.5 Å². The van der Waals surface area contributed by atoms with Crippen molar-refractivity contribution in [2.75, 3.05) is 0 Å². The van der Waals surface area contributed by atoms with Gasteiger partial charge in [-0.1, -0.05) is 23.2 Å². The minimum atomic E-state index is -1.12. The SMILES string of the molecule is CC(Oc1ccc(Cl)c(Cl)c1)c1ccc(C(=O)O)o1. The summed E-state index contributed by atoms with van der Waals surface area (Å²) < 4.78 is 10.7. The highest BCUT2D eigenvalue weighted by Gasteiger charge is 2.15. The quantitative estimate of drug-likeness (QED) is 0.907. The highest BCUT2D eigenvalue weighted by molar-refractivity contribution is 6.42. The van der Waals surface area contributed by atoms with Crippen molar-refractivity contribution < 1.29 is 19.1 Å². The van der Waals surface area contributed by atoms with Crippen LogP contribution in [0.5, 0.6) is 5.75 Å². The minimum Gasteiger partial charge on any atom is -0.483 e. The molecule has 0 radical (unpaired) electrons. The number of hydrogen-bond donors (Lipinski definition) is 1. The molecule has 0 fully saturated rings. The smallest absolute Gasteiger partial charge is 0.371 e. The van der Waals surface area contributed by atoms with Crippen LogP contribution in [0.2, 0.25) is 10.0 Å². The Labute approximate surface area is 119 Å². The number of halogens is 2. The number of ether oxygens (including phenoxy) is 1. The van der Waals surface area contributed by atoms with E-state index in [1.165, 1.54) is 6.07 Å². The largest absolute Gasteiger partial charge is 0.483 e. The number of carbonyl (C=O) groups is 1. The average Bonchev–Trinajstić information content (AvgIpc) is 2.83. The van der Waals surface area contributed by atoms with E-state index < -0.39 is 12.1 Å². The number of benzene rings is 1. The van der Waals surface area contributed by atoms with Crippen LogP contribution in [0.3, 0.4) is 0 Å². The maximum atomic E-state index is 10.7. The molecule has 2 aromatic rings. The highest BCUT2D eigenvalue weighted by atomic mass is 35.5. The Morgan fingerprint density at radius 3 is 2.58 bits per heavy atom. The predicted molar refractivity (Wildman–Crippen MR) is 71.2 cm³/mol. The molecule has 0 spiro atoms. The van der Waals surface area contributed by atoms with E-state index in [1.54, 1.807) is 31.2 Å². The molecular formula is C13H10Cl2O4. The molecular weight excluding hydrogens is 291 g/mol. The van der Waals surface area contributed by atoms with Crippen molar-refractivity contribution in [1.29, 1.82) is 0 Å². The summed E-state index contributed by atoms with van der Waals surface area (Å²) in [6.45, 7) is 1.74. The van der Waals surface area contributed by atoms with Crippen molar-refractivity contribution in [1.82, 2.24) is 0 Å². The first-order valence-corrected chi connectivity index (χ1v) is 6.17. The van der Waals surface area contributed by atoms with Gasteiger partial charge in [0.15, 0.2) is 6.10 Å². The Balaban J connectivity index is 2.13. The summed E-state index contributed by atoms with van der Waals surface area (Å²) in [6, 6.07) is 7.82. The van der Waals surface area contributed by atoms with Gasteiger partial charge < -0.3 is 14.3 Å². The average molecular weight is 301 g/mol. The van der Waals surface area contributed by atoms with Crippen LogP contribution in [0, 0.1) is 0 Å². The summed E-state index contributed by atoms with van der Waals surface area (Å²) in [5.41, 5.74) is 0. The van der Waals surface area contributed by atoms with Crippen LogP contribution in [-0.2, 0) is 0 Å². The lowest BCUT2D eigenvalue weighted by Crippen LogP contribution is -2.02. The van der Waals surface area contributed by atoms with Gasteiger partial charge in [0, 0.05) is 6.07 Å². The van der Waals surface area contributed by atoms with Crippen molar-refractivity contribution >= 4 is 29.2 Å². The van der Waals surface area contributed by atoms with Crippen molar-refractivity contribution in [3.8, 4) is 5.75 Å². The topological polar surface area (TPSA) is 59.7 Å². The molecule has 0 aliphatic rings. The number of carboxylic acids is 1. The lowest BCUT2D eigenvalue weighted by atomic mass is 10.3. The molecule has 1 aromatic carbocycles. The van der Waals surface area contributed by atoms with Crippen LogP contribution in [0.1, 0.15) is 29.3 Å². The van der Waals surface area contributed by atoms with Gasteiger partial charge in [0.2, 0.25) is 5.76 Å². The van der Waals surface area contributed by atoms with E-state index in [0.717, 1.165) is 0 Å². The fraction of sp³-hybridized carbons (Fsp3) is 0.154. The van der Waals surface area contributed by atoms with Crippen LogP contribution in [0.15, 0.2) is 34.7 Å². The third-order valence-corrected chi connectivity index (χ3v) is 3.18. The number of carboxylic acid groups (broad SMARTS) is 1. The summed E-state index contributed by atoms with van der Waals surface area (Å²) in [5.74, 6) is -0.300. The summed E-state index contributed by atoms with van der Waals surface area (Å²) in [7, 11) is 0. The minimum absolute atomic E-state index is 0.125. The summed E-state index contributed by atoms with van der Waals surface area (Å²) in [6.07, 6.45) is -0.439. The van der Waals surface area contributed by atoms with Crippen molar-refractivity contribution in [3.63, 3.8) is 0 Å². The summed E-state index contributed by atoms with van der Waals surface area (Å²) in [5, 5.41) is 9.59. The van der Waals surface area contributed by atoms with Crippen molar-refractivity contribution in [3.05, 3.63) is 51.9 Å². The van der Waals surface area contributed by atoms with E-state index >= 15 is 0 Å². The lowest BCUT2D eigenvalue weighted by molar-refractivity contribution is 0.0655. The Bertz CT molecular complexity index is 606. The van der Waals surface area contributed by atoms with E-state index in [1.807, 2.05) is 0 Å². The first-order chi connectivity index (χ1) is 8.97. The standard InChI is InChI=1S/C13H10Cl2O4/c1-7(11-4-5-12(19-11)13(16)17)18-8-2-3-9(14)10(15)6-8/h2-7H,1H3,(H,16,17). The van der Waals surface area contributed by atoms with Crippen LogP contribution < -0.4 is 4.74 Å². The normalized spacial score (nSPS) is 12.2. The maximum Gasteiger partial charge on any atom is 0.371 e. The van der Waals surface area contributed by atoms with Crippen molar-refractivity contribution in [2.45, 2.75) is 13.0 Å². The van der Waals surface area contributed by atoms with Crippen molar-refractivity contribution in [2.24, 2.45) is 0 Å². The maximum absolute atomic E-state index is 10.7. The zero-order valence-electron chi connectivity index (χ0n) is 9.89. The second-order valence-corrected chi connectivity index (χ2v) is 4.66. The van der Waals surface area contributed by atoms with Gasteiger partial charge in [-0.25, -0.2) is 4.79 Å². The predicted octanol–water partition coefficient (Wildman–Crippen LogP) is 4.42. The first-order valence-electron chi connectivity index (χ1n) is 5.42. The first kappa shape index (κ1) is 13.8. The Hall–Kier alpha value is -1.65. The van der Waals surface area contributed by atoms with Crippen LogP contribution in [0.25, 0.3) is 0 Å². The molecule has 100 valence electrons. The van der Waals surface area contributed by atoms with Crippen LogP contribution in [0.4, 0.5) is 0 Å². The van der Waals surface area contributed by atoms with E-state index in [9.17, 15) is 4.79 Å². The fourth-order valence-corrected chi connectivity index (χ4v) is 1.79. The molecule has 1 N–H and O–H groups in total. The summed E-state index contributed by atoms with van der Waals surface area (Å²) in [4.78, 5) is 10.7. The molecule has 0 saturated carbocycles. The molecule has 0 aliphatic carbocycles. The van der Waals surface area contributed by atoms with E-state index in [-0.39, 0.29) is 5.76 Å². The summed E-state index contributed by atoms with van der Waals surface area (Å²) >= 11 is 11.7. The van der Waals surface area contributed by atoms with Gasteiger partial charge in [0.05, 0.1) is 10.0 Å². The molecule has 1 heterocycles. The zero-order chi connectivity index (χ0) is 14.0. The number of aromatic carboxylic acids is 1. The Kier molecular flexibility index (Phi) is 4.02. The molecule has 0 bridgehead atoms. The second kappa shape index (κ2) is 5.55. The third kappa shape index (κ3) is 3.22. The van der Waals surface area contributed by atoms with Crippen LogP contribution >= 0.6 is 23.2 Å². The molecule has 6 heteroatoms. The zero-order valence-corrected chi connectivity index (χ0v) is 11.4. The van der Waals surface area contributed by atoms with Gasteiger partial charge in [-0.2, -0.15) is 0 Å². The van der Waals surface area contributed by atoms with Gasteiger partial charge in [0.25, 0.3) is 0 Å². The molecule has 4 nitrogen and oxygen atoms in total. The Morgan fingerprint density at radius 1 is 1.26 bits per heavy atom. The monoisotopic (exact) mass is 300 g/mol. The fourth-order valence-electron chi connectivity index (χ4n) is 1.50. The van der Waals surface area contributed by atoms with Gasteiger partial charge >= 0.3 is 5.97 Å². The molecule has 1 aromatic heterocycles. The van der Waals surface area contributed by atoms with E-state index in [4.69, 9.17) is 37.5 Å². The molecule has 0 aliphatic heterocycles. The molecule has 1 atom stereocenters. The molecule has 0 amide bonds. The van der Waals surface area contributed by atoms with Gasteiger partial charge in [-0.05, 0) is 31.2 Å². The molecule has 19 heavy (non-hydrogen) atoms. The van der Waals surface area contributed by atoms with E-state index in [2.05, 4.69) is 0 Å². The number of furan rings is 1. The van der Waals surface area contributed by atoms with E-state index in [0.29, 0.717) is 21.6 Å². The molecule has 0 saturated heterocycles. The lowest BCUT2D eigenvalue weighted by Gasteiger charge is -2.12. The number of rotatable bonds is 4. The third-order valence-electron chi connectivity index (χ3n) is 2.44. The van der Waals surface area contributed by atoms with Gasteiger partial charge in [-0.3, -0.25) is 0 Å². The van der Waals surface area contributed by atoms with Crippen LogP contribution in [-0.4, -0.2) is 11.1 Å². The molecule has 1 unspecified atom stereocenters. The van der Waals surface area contributed by atoms with Gasteiger partial charge in [-0.15, -0.1) is 0 Å². The second-order valence-electron chi connectivity index (χ2n) is 3.84.